The topological polar surface area (TPSA) is 58.5 Å². The van der Waals surface area contributed by atoms with E-state index in [1.807, 2.05) is 12.1 Å². The molecule has 2 aromatic heterocycles. The minimum Gasteiger partial charge on any atom is -0.459 e. The van der Waals surface area contributed by atoms with E-state index in [9.17, 15) is 0 Å². The average molecular weight is 352 g/mol. The lowest BCUT2D eigenvalue weighted by Gasteiger charge is -2.25. The van der Waals surface area contributed by atoms with Crippen LogP contribution >= 0.6 is 0 Å². The molecule has 1 aliphatic rings. The van der Waals surface area contributed by atoms with Crippen LogP contribution in [0.3, 0.4) is 0 Å². The number of hydrogen-bond donors (Lipinski definition) is 0. The zero-order valence-corrected chi connectivity index (χ0v) is 15.4. The average Bonchev–Trinajstić information content (AvgIpc) is 3.36. The minimum atomic E-state index is 0.434. The van der Waals surface area contributed by atoms with Crippen LogP contribution in [0.5, 0.6) is 0 Å². The third kappa shape index (κ3) is 3.43. The first-order valence-corrected chi connectivity index (χ1v) is 8.92. The Labute approximate surface area is 153 Å². The van der Waals surface area contributed by atoms with Crippen molar-refractivity contribution in [3.8, 4) is 11.7 Å². The van der Waals surface area contributed by atoms with Crippen LogP contribution in [0.25, 0.3) is 11.7 Å². The van der Waals surface area contributed by atoms with Gasteiger partial charge < -0.3 is 13.8 Å². The number of likely N-dealkylation sites (N-methyl/N-ethyl adjacent to an activating group) is 1. The molecule has 26 heavy (non-hydrogen) atoms. The van der Waals surface area contributed by atoms with Crippen molar-refractivity contribution in [2.75, 3.05) is 27.2 Å². The normalized spacial score (nSPS) is 20.9. The highest BCUT2D eigenvalue weighted by Gasteiger charge is 2.35. The molecule has 0 aliphatic carbocycles. The summed E-state index contributed by atoms with van der Waals surface area (Å²) in [6, 6.07) is 13.0. The van der Waals surface area contributed by atoms with E-state index in [1.165, 1.54) is 11.1 Å². The van der Waals surface area contributed by atoms with Gasteiger partial charge in [-0.25, -0.2) is 0 Å². The minimum absolute atomic E-state index is 0.434. The summed E-state index contributed by atoms with van der Waals surface area (Å²) in [7, 11) is 4.30. The third-order valence-electron chi connectivity index (χ3n) is 5.10. The second-order valence-corrected chi connectivity index (χ2v) is 7.24. The fourth-order valence-corrected chi connectivity index (χ4v) is 3.68. The summed E-state index contributed by atoms with van der Waals surface area (Å²) in [5.74, 6) is 2.21. The van der Waals surface area contributed by atoms with Crippen LogP contribution in [0.1, 0.15) is 22.9 Å². The van der Waals surface area contributed by atoms with Crippen molar-refractivity contribution < 1.29 is 8.94 Å². The molecule has 0 N–H and O–H groups in total. The van der Waals surface area contributed by atoms with E-state index in [1.54, 1.807) is 6.26 Å². The van der Waals surface area contributed by atoms with Gasteiger partial charge in [-0.3, -0.25) is 4.90 Å². The molecule has 6 nitrogen and oxygen atoms in total. The molecule has 2 atom stereocenters. The van der Waals surface area contributed by atoms with Gasteiger partial charge in [-0.15, -0.1) is 0 Å². The molecular formula is C20H24N4O2. The maximum atomic E-state index is 5.33. The number of aromatic nitrogens is 2. The molecule has 3 aromatic rings. The summed E-state index contributed by atoms with van der Waals surface area (Å²) >= 11 is 0. The monoisotopic (exact) mass is 352 g/mol. The lowest BCUT2D eigenvalue weighted by Crippen LogP contribution is -2.34. The zero-order valence-electron chi connectivity index (χ0n) is 15.4. The second-order valence-electron chi connectivity index (χ2n) is 7.24. The summed E-state index contributed by atoms with van der Waals surface area (Å²) in [4.78, 5) is 9.18. The van der Waals surface area contributed by atoms with Crippen molar-refractivity contribution in [1.29, 1.82) is 0 Å². The van der Waals surface area contributed by atoms with Crippen molar-refractivity contribution in [3.05, 3.63) is 59.6 Å². The fraction of sp³-hybridized carbons (Fsp3) is 0.400. The molecule has 0 amide bonds. The van der Waals surface area contributed by atoms with Gasteiger partial charge >= 0.3 is 0 Å². The van der Waals surface area contributed by atoms with E-state index in [0.29, 0.717) is 36.0 Å². The number of benzene rings is 1. The van der Waals surface area contributed by atoms with Crippen molar-refractivity contribution >= 4 is 0 Å². The lowest BCUT2D eigenvalue weighted by molar-refractivity contribution is 0.255. The van der Waals surface area contributed by atoms with Crippen molar-refractivity contribution in [2.45, 2.75) is 25.4 Å². The molecule has 0 bridgehead atoms. The van der Waals surface area contributed by atoms with Crippen LogP contribution in [-0.4, -0.2) is 53.2 Å². The van der Waals surface area contributed by atoms with Crippen LogP contribution in [0.4, 0.5) is 0 Å². The van der Waals surface area contributed by atoms with Crippen LogP contribution < -0.4 is 0 Å². The largest absolute Gasteiger partial charge is 0.459 e. The van der Waals surface area contributed by atoms with Crippen LogP contribution in [0.15, 0.2) is 51.6 Å². The first-order chi connectivity index (χ1) is 12.6. The molecular weight excluding hydrogens is 328 g/mol. The van der Waals surface area contributed by atoms with E-state index in [0.717, 1.165) is 13.1 Å². The van der Waals surface area contributed by atoms with E-state index >= 15 is 0 Å². The predicted octanol–water partition coefficient (Wildman–Crippen LogP) is 3.17. The summed E-state index contributed by atoms with van der Waals surface area (Å²) in [5.41, 5.74) is 2.68. The molecule has 136 valence electrons. The quantitative estimate of drug-likeness (QED) is 0.703. The Morgan fingerprint density at radius 2 is 1.96 bits per heavy atom. The Hall–Kier alpha value is -2.44. The van der Waals surface area contributed by atoms with Crippen LogP contribution in [0.2, 0.25) is 0 Å². The SMILES string of the molecule is Cc1ccc([C@@H]2CN(Cc3noc(-c4ccco4)n3)C[C@H]2N(C)C)cc1. The smallest absolute Gasteiger partial charge is 0.293 e. The summed E-state index contributed by atoms with van der Waals surface area (Å²) < 4.78 is 10.6. The Morgan fingerprint density at radius 3 is 2.65 bits per heavy atom. The van der Waals surface area contributed by atoms with E-state index in [4.69, 9.17) is 8.94 Å². The number of furan rings is 1. The summed E-state index contributed by atoms with van der Waals surface area (Å²) in [6.45, 7) is 4.77. The third-order valence-corrected chi connectivity index (χ3v) is 5.10. The zero-order chi connectivity index (χ0) is 18.1. The predicted molar refractivity (Wildman–Crippen MR) is 98.7 cm³/mol. The van der Waals surface area contributed by atoms with Crippen LogP contribution in [-0.2, 0) is 6.54 Å². The van der Waals surface area contributed by atoms with Crippen molar-refractivity contribution in [2.24, 2.45) is 0 Å². The molecule has 1 fully saturated rings. The lowest BCUT2D eigenvalue weighted by atomic mass is 9.93. The van der Waals surface area contributed by atoms with Gasteiger partial charge in [-0.1, -0.05) is 35.0 Å². The molecule has 1 aromatic carbocycles. The summed E-state index contributed by atoms with van der Waals surface area (Å²) in [5, 5.41) is 4.11. The van der Waals surface area contributed by atoms with Gasteiger partial charge in [0.1, 0.15) is 0 Å². The molecule has 3 heterocycles. The van der Waals surface area contributed by atoms with Crippen LogP contribution in [0, 0.1) is 6.92 Å². The van der Waals surface area contributed by atoms with E-state index in [2.05, 4.69) is 65.2 Å². The number of nitrogens with zero attached hydrogens (tertiary/aromatic N) is 4. The van der Waals surface area contributed by atoms with Gasteiger partial charge in [0, 0.05) is 25.0 Å². The van der Waals surface area contributed by atoms with Gasteiger partial charge in [0.25, 0.3) is 5.89 Å². The van der Waals surface area contributed by atoms with E-state index < -0.39 is 0 Å². The number of aryl methyl sites for hydroxylation is 1. The highest BCUT2D eigenvalue weighted by atomic mass is 16.5. The van der Waals surface area contributed by atoms with Crippen molar-refractivity contribution in [3.63, 3.8) is 0 Å². The van der Waals surface area contributed by atoms with Crippen molar-refractivity contribution in [1.82, 2.24) is 19.9 Å². The molecule has 6 heteroatoms. The Morgan fingerprint density at radius 1 is 1.15 bits per heavy atom. The van der Waals surface area contributed by atoms with Gasteiger partial charge in [0.2, 0.25) is 0 Å². The van der Waals surface area contributed by atoms with E-state index in [-0.39, 0.29) is 0 Å². The first kappa shape index (κ1) is 17.0. The summed E-state index contributed by atoms with van der Waals surface area (Å²) in [6.07, 6.45) is 1.60. The number of hydrogen-bond acceptors (Lipinski definition) is 6. The Balaban J connectivity index is 1.49. The molecule has 4 rings (SSSR count). The van der Waals surface area contributed by atoms with Gasteiger partial charge in [-0.2, -0.15) is 4.98 Å². The Bertz CT molecular complexity index is 839. The van der Waals surface area contributed by atoms with Gasteiger partial charge in [-0.05, 0) is 38.7 Å². The van der Waals surface area contributed by atoms with Gasteiger partial charge in [0.05, 0.1) is 12.8 Å². The molecule has 0 unspecified atom stereocenters. The molecule has 1 aliphatic heterocycles. The molecule has 0 spiro atoms. The highest BCUT2D eigenvalue weighted by molar-refractivity contribution is 5.42. The molecule has 0 radical (unpaired) electrons. The Kier molecular flexibility index (Phi) is 4.61. The number of likely N-dealkylation sites (tertiary alicyclic amines) is 1. The fourth-order valence-electron chi connectivity index (χ4n) is 3.68. The second kappa shape index (κ2) is 7.05. The number of rotatable bonds is 5. The highest BCUT2D eigenvalue weighted by Crippen LogP contribution is 2.31. The molecule has 0 saturated carbocycles. The maximum Gasteiger partial charge on any atom is 0.293 e. The molecule has 1 saturated heterocycles. The van der Waals surface area contributed by atoms with Gasteiger partial charge in [0.15, 0.2) is 11.6 Å². The standard InChI is InChI=1S/C20H24N4O2/c1-14-6-8-15(9-7-14)16-11-24(12-17(16)23(2)3)13-19-21-20(26-22-19)18-5-4-10-25-18/h4-10,16-17H,11-13H2,1-3H3/t16-,17+/m0/s1. The maximum absolute atomic E-state index is 5.33. The first-order valence-electron chi connectivity index (χ1n) is 8.92.